The summed E-state index contributed by atoms with van der Waals surface area (Å²) in [4.78, 5) is 12.3. The van der Waals surface area contributed by atoms with Crippen molar-refractivity contribution in [2.24, 2.45) is 5.41 Å². The first kappa shape index (κ1) is 23.1. The lowest BCUT2D eigenvalue weighted by Gasteiger charge is -2.45. The Morgan fingerprint density at radius 3 is 2.47 bits per heavy atom. The van der Waals surface area contributed by atoms with Crippen molar-refractivity contribution in [3.63, 3.8) is 0 Å². The van der Waals surface area contributed by atoms with Gasteiger partial charge in [-0.3, -0.25) is 4.79 Å². The SMILES string of the molecule is COCCOCC12CCC(=O)CC1=CCN(S(=O)(=O)c1ccc(C(C)(C)C)cc1)C2. The normalized spacial score (nSPS) is 23.2. The topological polar surface area (TPSA) is 72.9 Å². The highest BCUT2D eigenvalue weighted by atomic mass is 32.2. The Morgan fingerprint density at radius 1 is 1.13 bits per heavy atom. The van der Waals surface area contributed by atoms with E-state index >= 15 is 0 Å². The van der Waals surface area contributed by atoms with Crippen molar-refractivity contribution in [3.05, 3.63) is 41.5 Å². The molecule has 1 aromatic carbocycles. The summed E-state index contributed by atoms with van der Waals surface area (Å²) >= 11 is 0. The van der Waals surface area contributed by atoms with Crippen LogP contribution >= 0.6 is 0 Å². The number of methoxy groups -OCH3 is 1. The van der Waals surface area contributed by atoms with Crippen molar-refractivity contribution in [1.82, 2.24) is 4.31 Å². The first-order chi connectivity index (χ1) is 14.1. The maximum atomic E-state index is 13.4. The molecule has 1 aliphatic heterocycles. The summed E-state index contributed by atoms with van der Waals surface area (Å²) in [5.41, 5.74) is 1.63. The van der Waals surface area contributed by atoms with Gasteiger partial charge < -0.3 is 9.47 Å². The second-order valence-electron chi connectivity index (χ2n) is 9.34. The standard InChI is InChI=1S/C23H33NO5S/c1-22(2,3)18-5-7-21(8-6-18)30(26,27)24-12-10-19-15-20(25)9-11-23(19,16-24)17-29-14-13-28-4/h5-8,10H,9,11-17H2,1-4H3. The first-order valence-electron chi connectivity index (χ1n) is 10.5. The van der Waals surface area contributed by atoms with Gasteiger partial charge in [0, 0.05) is 38.5 Å². The molecule has 166 valence electrons. The van der Waals surface area contributed by atoms with Crippen molar-refractivity contribution in [2.45, 2.75) is 50.3 Å². The smallest absolute Gasteiger partial charge is 0.243 e. The number of benzene rings is 1. The van der Waals surface area contributed by atoms with Crippen LogP contribution < -0.4 is 0 Å². The average Bonchev–Trinajstić information content (AvgIpc) is 2.70. The summed E-state index contributed by atoms with van der Waals surface area (Å²) in [7, 11) is -2.02. The highest BCUT2D eigenvalue weighted by Gasteiger charge is 2.45. The minimum absolute atomic E-state index is 0.0384. The van der Waals surface area contributed by atoms with Gasteiger partial charge >= 0.3 is 0 Å². The molecule has 1 aromatic rings. The van der Waals surface area contributed by atoms with Crippen LogP contribution in [0.4, 0.5) is 0 Å². The van der Waals surface area contributed by atoms with Crippen molar-refractivity contribution >= 4 is 15.8 Å². The lowest BCUT2D eigenvalue weighted by Crippen LogP contribution is -2.50. The molecule has 6 nitrogen and oxygen atoms in total. The number of nitrogens with zero attached hydrogens (tertiary/aromatic N) is 1. The first-order valence-corrected chi connectivity index (χ1v) is 11.9. The molecule has 1 fully saturated rings. The van der Waals surface area contributed by atoms with Crippen LogP contribution in [0.1, 0.15) is 45.6 Å². The molecule has 7 heteroatoms. The van der Waals surface area contributed by atoms with Crippen molar-refractivity contribution < 1.29 is 22.7 Å². The fourth-order valence-electron chi connectivity index (χ4n) is 4.19. The Morgan fingerprint density at radius 2 is 1.83 bits per heavy atom. The zero-order valence-corrected chi connectivity index (χ0v) is 19.3. The highest BCUT2D eigenvalue weighted by Crippen LogP contribution is 2.44. The Balaban J connectivity index is 1.85. The summed E-state index contributed by atoms with van der Waals surface area (Å²) in [6.07, 6.45) is 3.38. The van der Waals surface area contributed by atoms with Gasteiger partial charge in [-0.2, -0.15) is 4.31 Å². The van der Waals surface area contributed by atoms with Gasteiger partial charge in [0.1, 0.15) is 5.78 Å². The van der Waals surface area contributed by atoms with Gasteiger partial charge in [0.05, 0.1) is 24.7 Å². The number of Topliss-reactive ketones (excluding diaryl/α,β-unsaturated/α-hetero) is 1. The van der Waals surface area contributed by atoms with Gasteiger partial charge in [-0.05, 0) is 29.5 Å². The van der Waals surface area contributed by atoms with E-state index < -0.39 is 15.4 Å². The molecule has 0 spiro atoms. The van der Waals surface area contributed by atoms with Gasteiger partial charge in [-0.1, -0.05) is 44.6 Å². The number of ether oxygens (including phenoxy) is 2. The summed E-state index contributed by atoms with van der Waals surface area (Å²) < 4.78 is 39.2. The van der Waals surface area contributed by atoms with Crippen LogP contribution in [-0.2, 0) is 29.7 Å². The molecule has 1 atom stereocenters. The minimum atomic E-state index is -3.64. The van der Waals surface area contributed by atoms with E-state index in [4.69, 9.17) is 9.47 Å². The molecule has 3 rings (SSSR count). The van der Waals surface area contributed by atoms with Crippen LogP contribution in [0, 0.1) is 5.41 Å². The number of ketones is 1. The second kappa shape index (κ2) is 8.91. The number of carbonyl (C=O) groups is 1. The Bertz CT molecular complexity index is 899. The molecule has 0 bridgehead atoms. The van der Waals surface area contributed by atoms with Crippen LogP contribution in [0.25, 0.3) is 0 Å². The van der Waals surface area contributed by atoms with E-state index in [-0.39, 0.29) is 17.7 Å². The van der Waals surface area contributed by atoms with Crippen LogP contribution in [0.5, 0.6) is 0 Å². The third kappa shape index (κ3) is 4.85. The number of fused-ring (bicyclic) bond motifs is 1. The van der Waals surface area contributed by atoms with Crippen molar-refractivity contribution in [3.8, 4) is 0 Å². The number of hydrogen-bond donors (Lipinski definition) is 0. The highest BCUT2D eigenvalue weighted by molar-refractivity contribution is 7.89. The van der Waals surface area contributed by atoms with Crippen molar-refractivity contribution in [1.29, 1.82) is 0 Å². The maximum absolute atomic E-state index is 13.4. The molecule has 0 N–H and O–H groups in total. The molecule has 1 saturated carbocycles. The molecule has 1 aliphatic carbocycles. The molecule has 2 aliphatic rings. The molecular formula is C23H33NO5S. The minimum Gasteiger partial charge on any atom is -0.382 e. The molecular weight excluding hydrogens is 402 g/mol. The number of hydrogen-bond acceptors (Lipinski definition) is 5. The zero-order valence-electron chi connectivity index (χ0n) is 18.4. The largest absolute Gasteiger partial charge is 0.382 e. The van der Waals surface area contributed by atoms with E-state index in [1.165, 1.54) is 4.31 Å². The van der Waals surface area contributed by atoms with Crippen LogP contribution in [0.15, 0.2) is 40.8 Å². The fraction of sp³-hybridized carbons (Fsp3) is 0.609. The van der Waals surface area contributed by atoms with Gasteiger partial charge in [0.15, 0.2) is 0 Å². The molecule has 0 saturated heterocycles. The molecule has 0 amide bonds. The molecule has 0 aromatic heterocycles. The predicted octanol–water partition coefficient (Wildman–Crippen LogP) is 3.32. The van der Waals surface area contributed by atoms with Gasteiger partial charge in [-0.15, -0.1) is 0 Å². The number of sulfonamides is 1. The van der Waals surface area contributed by atoms with E-state index in [1.807, 2.05) is 18.2 Å². The average molecular weight is 436 g/mol. The third-order valence-corrected chi connectivity index (χ3v) is 7.97. The van der Waals surface area contributed by atoms with Gasteiger partial charge in [-0.25, -0.2) is 8.42 Å². The summed E-state index contributed by atoms with van der Waals surface area (Å²) in [5, 5.41) is 0. The Hall–Kier alpha value is -1.54. The summed E-state index contributed by atoms with van der Waals surface area (Å²) in [6.45, 7) is 8.25. The van der Waals surface area contributed by atoms with Crippen molar-refractivity contribution in [2.75, 3.05) is 40.0 Å². The third-order valence-electron chi connectivity index (χ3n) is 6.14. The molecule has 0 radical (unpaired) electrons. The van der Waals surface area contributed by atoms with E-state index in [0.29, 0.717) is 50.5 Å². The lowest BCUT2D eigenvalue weighted by molar-refractivity contribution is -0.121. The Kier molecular flexibility index (Phi) is 6.87. The van der Waals surface area contributed by atoms with Crippen LogP contribution in [0.2, 0.25) is 0 Å². The van der Waals surface area contributed by atoms with E-state index in [1.54, 1.807) is 19.2 Å². The Labute approximate surface area is 180 Å². The monoisotopic (exact) mass is 435 g/mol. The summed E-state index contributed by atoms with van der Waals surface area (Å²) in [6, 6.07) is 7.17. The quantitative estimate of drug-likeness (QED) is 0.485. The van der Waals surface area contributed by atoms with Crippen LogP contribution in [-0.4, -0.2) is 58.5 Å². The summed E-state index contributed by atoms with van der Waals surface area (Å²) in [5.74, 6) is 0.211. The van der Waals surface area contributed by atoms with E-state index in [9.17, 15) is 13.2 Å². The molecule has 1 unspecified atom stereocenters. The number of rotatable bonds is 7. The molecule has 30 heavy (non-hydrogen) atoms. The maximum Gasteiger partial charge on any atom is 0.243 e. The number of carbonyl (C=O) groups excluding carboxylic acids is 1. The fourth-order valence-corrected chi connectivity index (χ4v) is 5.66. The predicted molar refractivity (Wildman–Crippen MR) is 116 cm³/mol. The van der Waals surface area contributed by atoms with Gasteiger partial charge in [0.2, 0.25) is 10.0 Å². The van der Waals surface area contributed by atoms with Gasteiger partial charge in [0.25, 0.3) is 0 Å². The second-order valence-corrected chi connectivity index (χ2v) is 11.3. The zero-order chi connectivity index (χ0) is 22.0. The van der Waals surface area contributed by atoms with Crippen LogP contribution in [0.3, 0.4) is 0 Å². The van der Waals surface area contributed by atoms with E-state index in [2.05, 4.69) is 20.8 Å². The lowest BCUT2D eigenvalue weighted by atomic mass is 9.69. The molecule has 1 heterocycles. The van der Waals surface area contributed by atoms with E-state index in [0.717, 1.165) is 11.1 Å².